The van der Waals surface area contributed by atoms with Crippen LogP contribution in [-0.2, 0) is 4.79 Å². The first kappa shape index (κ1) is 13.1. The molecule has 84 valence electrons. The molecule has 0 atom stereocenters. The third kappa shape index (κ3) is 3.39. The molecular formula is C8H13N3O4. The lowest BCUT2D eigenvalue weighted by Crippen LogP contribution is -2.28. The molecule has 0 fully saturated rings. The van der Waals surface area contributed by atoms with Crippen LogP contribution in [0.15, 0.2) is 15.8 Å². The van der Waals surface area contributed by atoms with Crippen LogP contribution < -0.4 is 16.6 Å². The summed E-state index contributed by atoms with van der Waals surface area (Å²) in [6.07, 6.45) is 1.17. The van der Waals surface area contributed by atoms with E-state index in [1.807, 2.05) is 4.98 Å². The van der Waals surface area contributed by atoms with Crippen LogP contribution in [0.25, 0.3) is 0 Å². The second kappa shape index (κ2) is 5.11. The maximum atomic E-state index is 11.2. The fourth-order valence-corrected chi connectivity index (χ4v) is 0.780. The number of rotatable bonds is 2. The van der Waals surface area contributed by atoms with Crippen LogP contribution in [0.3, 0.4) is 0 Å². The highest BCUT2D eigenvalue weighted by Crippen LogP contribution is 1.98. The molecule has 0 saturated carbocycles. The van der Waals surface area contributed by atoms with Gasteiger partial charge in [-0.1, -0.05) is 13.8 Å². The highest BCUT2D eigenvalue weighted by atomic mass is 16.2. The van der Waals surface area contributed by atoms with Crippen molar-refractivity contribution < 1.29 is 10.3 Å². The Hall–Kier alpha value is -1.89. The summed E-state index contributed by atoms with van der Waals surface area (Å²) in [6.45, 7) is 3.41. The summed E-state index contributed by atoms with van der Waals surface area (Å²) in [7, 11) is 0. The van der Waals surface area contributed by atoms with Crippen molar-refractivity contribution >= 4 is 11.6 Å². The molecule has 0 spiro atoms. The summed E-state index contributed by atoms with van der Waals surface area (Å²) >= 11 is 0. The van der Waals surface area contributed by atoms with E-state index in [9.17, 15) is 14.4 Å². The van der Waals surface area contributed by atoms with Crippen LogP contribution in [-0.4, -0.2) is 21.4 Å². The Bertz CT molecular complexity index is 446. The van der Waals surface area contributed by atoms with Crippen LogP contribution in [0.2, 0.25) is 0 Å². The molecule has 7 nitrogen and oxygen atoms in total. The minimum absolute atomic E-state index is 0. The van der Waals surface area contributed by atoms with Crippen LogP contribution in [0.1, 0.15) is 13.8 Å². The summed E-state index contributed by atoms with van der Waals surface area (Å²) in [5, 5.41) is 2.38. The predicted octanol–water partition coefficient (Wildman–Crippen LogP) is -1.17. The Morgan fingerprint density at radius 2 is 2.00 bits per heavy atom. The molecule has 0 bridgehead atoms. The first-order valence-corrected chi connectivity index (χ1v) is 4.13. The first-order chi connectivity index (χ1) is 6.50. The minimum Gasteiger partial charge on any atom is -0.412 e. The molecule has 5 N–H and O–H groups in total. The number of carbonyl (C=O) groups excluding carboxylic acids is 1. The van der Waals surface area contributed by atoms with Gasteiger partial charge in [-0.05, 0) is 0 Å². The highest BCUT2D eigenvalue weighted by molar-refractivity contribution is 5.91. The van der Waals surface area contributed by atoms with Gasteiger partial charge in [-0.3, -0.25) is 14.6 Å². The van der Waals surface area contributed by atoms with Gasteiger partial charge in [0.15, 0.2) is 0 Å². The average molecular weight is 215 g/mol. The summed E-state index contributed by atoms with van der Waals surface area (Å²) in [6, 6.07) is 0. The van der Waals surface area contributed by atoms with E-state index in [4.69, 9.17) is 0 Å². The van der Waals surface area contributed by atoms with Crippen molar-refractivity contribution in [3.8, 4) is 0 Å². The lowest BCUT2D eigenvalue weighted by atomic mass is 10.2. The third-order valence-corrected chi connectivity index (χ3v) is 1.60. The van der Waals surface area contributed by atoms with Crippen LogP contribution in [0.5, 0.6) is 0 Å². The van der Waals surface area contributed by atoms with E-state index in [0.717, 1.165) is 0 Å². The number of aromatic amines is 2. The normalized spacial score (nSPS) is 9.53. The van der Waals surface area contributed by atoms with Gasteiger partial charge < -0.3 is 15.8 Å². The van der Waals surface area contributed by atoms with Gasteiger partial charge in [-0.15, -0.1) is 0 Å². The molecule has 0 aliphatic rings. The van der Waals surface area contributed by atoms with Crippen molar-refractivity contribution in [3.05, 3.63) is 27.0 Å². The Kier molecular flexibility index (Phi) is 4.46. The van der Waals surface area contributed by atoms with Crippen LogP contribution in [0.4, 0.5) is 5.69 Å². The fourth-order valence-electron chi connectivity index (χ4n) is 0.780. The molecular weight excluding hydrogens is 202 g/mol. The standard InChI is InChI=1S/C8H11N3O3.H2O/c1-4(2)6(12)10-5-3-9-8(14)11-7(5)13;/h3-4H,1-2H3,(H,10,12)(H2,9,11,13,14);1H2. The molecule has 1 heterocycles. The number of amides is 1. The van der Waals surface area contributed by atoms with E-state index < -0.39 is 11.2 Å². The van der Waals surface area contributed by atoms with Gasteiger partial charge in [0.05, 0.1) is 0 Å². The molecule has 15 heavy (non-hydrogen) atoms. The lowest BCUT2D eigenvalue weighted by molar-refractivity contribution is -0.118. The second-order valence-corrected chi connectivity index (χ2v) is 3.13. The molecule has 1 amide bonds. The third-order valence-electron chi connectivity index (χ3n) is 1.60. The maximum absolute atomic E-state index is 11.2. The zero-order valence-corrected chi connectivity index (χ0v) is 8.38. The van der Waals surface area contributed by atoms with Gasteiger partial charge in [0.2, 0.25) is 5.91 Å². The topological polar surface area (TPSA) is 126 Å². The molecule has 0 radical (unpaired) electrons. The van der Waals surface area contributed by atoms with Crippen molar-refractivity contribution in [1.29, 1.82) is 0 Å². The molecule has 0 aromatic carbocycles. The van der Waals surface area contributed by atoms with Crippen molar-refractivity contribution in [2.45, 2.75) is 13.8 Å². The predicted molar refractivity (Wildman–Crippen MR) is 54.8 cm³/mol. The minimum atomic E-state index is -0.609. The largest absolute Gasteiger partial charge is 0.412 e. The number of aromatic nitrogens is 2. The SMILES string of the molecule is CC(C)C(=O)Nc1c[nH]c(=O)[nH]c1=O.O. The first-order valence-electron chi connectivity index (χ1n) is 4.13. The van der Waals surface area contributed by atoms with E-state index in [1.54, 1.807) is 13.8 Å². The Balaban J connectivity index is 0.00000196. The molecule has 1 rings (SSSR count). The van der Waals surface area contributed by atoms with Gasteiger partial charge in [-0.25, -0.2) is 4.79 Å². The zero-order chi connectivity index (χ0) is 10.7. The van der Waals surface area contributed by atoms with Crippen LogP contribution >= 0.6 is 0 Å². The number of H-pyrrole nitrogens is 2. The molecule has 0 aliphatic carbocycles. The Labute approximate surface area is 84.8 Å². The molecule has 1 aromatic heterocycles. The highest BCUT2D eigenvalue weighted by Gasteiger charge is 2.09. The summed E-state index contributed by atoms with van der Waals surface area (Å²) in [5.41, 5.74) is -1.16. The monoisotopic (exact) mass is 215 g/mol. The van der Waals surface area contributed by atoms with E-state index in [0.29, 0.717) is 0 Å². The average Bonchev–Trinajstić information content (AvgIpc) is 2.09. The van der Waals surface area contributed by atoms with E-state index in [2.05, 4.69) is 10.3 Å². The fraction of sp³-hybridized carbons (Fsp3) is 0.375. The van der Waals surface area contributed by atoms with E-state index in [1.165, 1.54) is 6.20 Å². The lowest BCUT2D eigenvalue weighted by Gasteiger charge is -2.05. The molecule has 7 heteroatoms. The zero-order valence-electron chi connectivity index (χ0n) is 8.38. The van der Waals surface area contributed by atoms with Crippen LogP contribution in [0, 0.1) is 5.92 Å². The van der Waals surface area contributed by atoms with Gasteiger partial charge in [0.25, 0.3) is 5.56 Å². The van der Waals surface area contributed by atoms with Crippen molar-refractivity contribution in [2.24, 2.45) is 5.92 Å². The maximum Gasteiger partial charge on any atom is 0.325 e. The van der Waals surface area contributed by atoms with E-state index >= 15 is 0 Å². The van der Waals surface area contributed by atoms with Gasteiger partial charge in [0.1, 0.15) is 5.69 Å². The van der Waals surface area contributed by atoms with E-state index in [-0.39, 0.29) is 23.0 Å². The van der Waals surface area contributed by atoms with Crippen molar-refractivity contribution in [1.82, 2.24) is 9.97 Å². The van der Waals surface area contributed by atoms with Gasteiger partial charge in [-0.2, -0.15) is 0 Å². The molecule has 1 aromatic rings. The number of anilines is 1. The van der Waals surface area contributed by atoms with Gasteiger partial charge >= 0.3 is 5.69 Å². The summed E-state index contributed by atoms with van der Waals surface area (Å²) in [4.78, 5) is 37.2. The number of carbonyl (C=O) groups is 1. The number of hydrogen-bond donors (Lipinski definition) is 3. The number of hydrogen-bond acceptors (Lipinski definition) is 3. The van der Waals surface area contributed by atoms with Crippen molar-refractivity contribution in [2.75, 3.05) is 5.32 Å². The smallest absolute Gasteiger partial charge is 0.325 e. The van der Waals surface area contributed by atoms with Gasteiger partial charge in [0, 0.05) is 12.1 Å². The number of nitrogens with one attached hydrogen (secondary N) is 3. The molecule has 0 unspecified atom stereocenters. The molecule has 0 aliphatic heterocycles. The van der Waals surface area contributed by atoms with Crippen molar-refractivity contribution in [3.63, 3.8) is 0 Å². The second-order valence-electron chi connectivity index (χ2n) is 3.13. The summed E-state index contributed by atoms with van der Waals surface area (Å²) < 4.78 is 0. The summed E-state index contributed by atoms with van der Waals surface area (Å²) in [5.74, 6) is -0.496. The Morgan fingerprint density at radius 1 is 1.40 bits per heavy atom. The molecule has 0 saturated heterocycles. The quantitative estimate of drug-likeness (QED) is 0.575. The Morgan fingerprint density at radius 3 is 2.47 bits per heavy atom.